The summed E-state index contributed by atoms with van der Waals surface area (Å²) in [6, 6.07) is 5.55. The van der Waals surface area contributed by atoms with Gasteiger partial charge in [0.05, 0.1) is 6.54 Å². The topological polar surface area (TPSA) is 80.1 Å². The van der Waals surface area contributed by atoms with Crippen molar-refractivity contribution in [2.24, 2.45) is 0 Å². The first-order valence-electron chi connectivity index (χ1n) is 8.22. The Bertz CT molecular complexity index is 699. The van der Waals surface area contributed by atoms with Crippen molar-refractivity contribution in [1.82, 2.24) is 25.0 Å². The number of carbonyl (C=O) groups excluding carboxylic acids is 2. The van der Waals surface area contributed by atoms with Crippen LogP contribution in [0.15, 0.2) is 36.8 Å². The van der Waals surface area contributed by atoms with Crippen LogP contribution in [-0.4, -0.2) is 44.6 Å². The molecule has 0 spiro atoms. The fourth-order valence-corrected chi connectivity index (χ4v) is 2.80. The maximum Gasteiger partial charge on any atom is 0.239 e. The van der Waals surface area contributed by atoms with Crippen molar-refractivity contribution in [1.29, 1.82) is 0 Å². The molecule has 0 aromatic carbocycles. The largest absolute Gasteiger partial charge is 0.350 e. The Morgan fingerprint density at radius 1 is 1.21 bits per heavy atom. The van der Waals surface area contributed by atoms with Gasteiger partial charge in [-0.3, -0.25) is 9.59 Å². The van der Waals surface area contributed by atoms with Gasteiger partial charge >= 0.3 is 0 Å². The maximum absolute atomic E-state index is 12.2. The zero-order chi connectivity index (χ0) is 16.8. The number of likely N-dealkylation sites (tertiary alicyclic amines) is 1. The minimum atomic E-state index is -0.152. The fraction of sp³-hybridized carbons (Fsp3) is 0.412. The zero-order valence-corrected chi connectivity index (χ0v) is 13.5. The standard InChI is InChI=1S/C17H21N5O2/c23-15(13-21-10-3-1-2-7-16(21)24)19-12-14-6-4-8-18-17(14)22-11-5-9-20-22/h4-6,8-9,11H,1-3,7,10,12-13H2,(H,19,23). The van der Waals surface area contributed by atoms with Gasteiger partial charge in [0.25, 0.3) is 0 Å². The quantitative estimate of drug-likeness (QED) is 0.897. The van der Waals surface area contributed by atoms with E-state index in [2.05, 4.69) is 15.4 Å². The highest BCUT2D eigenvalue weighted by atomic mass is 16.2. The number of nitrogens with zero attached hydrogens (tertiary/aromatic N) is 4. The van der Waals surface area contributed by atoms with Crippen LogP contribution in [0.1, 0.15) is 31.2 Å². The maximum atomic E-state index is 12.2. The Kier molecular flexibility index (Phi) is 5.20. The Labute approximate surface area is 140 Å². The van der Waals surface area contributed by atoms with Gasteiger partial charge in [-0.25, -0.2) is 9.67 Å². The van der Waals surface area contributed by atoms with E-state index in [9.17, 15) is 9.59 Å². The van der Waals surface area contributed by atoms with Gasteiger partial charge in [0.2, 0.25) is 11.8 Å². The predicted molar refractivity (Wildman–Crippen MR) is 88.3 cm³/mol. The molecule has 1 N–H and O–H groups in total. The zero-order valence-electron chi connectivity index (χ0n) is 13.5. The van der Waals surface area contributed by atoms with Crippen LogP contribution < -0.4 is 5.32 Å². The molecule has 1 aliphatic rings. The molecule has 0 bridgehead atoms. The van der Waals surface area contributed by atoms with Crippen molar-refractivity contribution in [3.8, 4) is 5.82 Å². The van der Waals surface area contributed by atoms with E-state index in [1.54, 1.807) is 22.0 Å². The lowest BCUT2D eigenvalue weighted by molar-refractivity contribution is -0.135. The van der Waals surface area contributed by atoms with Crippen LogP contribution in [0.3, 0.4) is 0 Å². The van der Waals surface area contributed by atoms with Crippen LogP contribution in [0, 0.1) is 0 Å². The number of hydrogen-bond acceptors (Lipinski definition) is 4. The number of aromatic nitrogens is 3. The number of amides is 2. The van der Waals surface area contributed by atoms with Crippen molar-refractivity contribution >= 4 is 11.8 Å². The summed E-state index contributed by atoms with van der Waals surface area (Å²) in [5.41, 5.74) is 0.872. The van der Waals surface area contributed by atoms with Crippen LogP contribution in [0.25, 0.3) is 5.82 Å². The lowest BCUT2D eigenvalue weighted by atomic mass is 10.2. The lowest BCUT2D eigenvalue weighted by Gasteiger charge is -2.20. The molecule has 0 radical (unpaired) electrons. The van der Waals surface area contributed by atoms with Gasteiger partial charge in [-0.2, -0.15) is 5.10 Å². The molecule has 2 amide bonds. The van der Waals surface area contributed by atoms with E-state index in [4.69, 9.17) is 0 Å². The molecule has 7 heteroatoms. The summed E-state index contributed by atoms with van der Waals surface area (Å²) in [4.78, 5) is 30.1. The molecular weight excluding hydrogens is 306 g/mol. The van der Waals surface area contributed by atoms with Gasteiger partial charge in [-0.15, -0.1) is 0 Å². The van der Waals surface area contributed by atoms with Crippen LogP contribution in [0.5, 0.6) is 0 Å². The number of hydrogen-bond donors (Lipinski definition) is 1. The minimum Gasteiger partial charge on any atom is -0.350 e. The SMILES string of the molecule is O=C(CN1CCCCCC1=O)NCc1cccnc1-n1cccn1. The third-order valence-corrected chi connectivity index (χ3v) is 4.07. The molecular formula is C17H21N5O2. The summed E-state index contributed by atoms with van der Waals surface area (Å²) in [6.07, 6.45) is 8.65. The molecule has 1 saturated heterocycles. The number of carbonyl (C=O) groups is 2. The van der Waals surface area contributed by atoms with Crippen molar-refractivity contribution < 1.29 is 9.59 Å². The van der Waals surface area contributed by atoms with E-state index in [-0.39, 0.29) is 18.4 Å². The van der Waals surface area contributed by atoms with Gasteiger partial charge in [-0.05, 0) is 25.0 Å². The number of rotatable bonds is 5. The minimum absolute atomic E-state index is 0.0706. The summed E-state index contributed by atoms with van der Waals surface area (Å²) in [7, 11) is 0. The van der Waals surface area contributed by atoms with Gasteiger partial charge < -0.3 is 10.2 Å². The first kappa shape index (κ1) is 16.2. The van der Waals surface area contributed by atoms with E-state index in [1.165, 1.54) is 0 Å². The molecule has 0 atom stereocenters. The third-order valence-electron chi connectivity index (χ3n) is 4.07. The fourth-order valence-electron chi connectivity index (χ4n) is 2.80. The Morgan fingerprint density at radius 3 is 2.96 bits per heavy atom. The van der Waals surface area contributed by atoms with Crippen molar-refractivity contribution in [2.45, 2.75) is 32.2 Å². The van der Waals surface area contributed by atoms with Gasteiger partial charge in [-0.1, -0.05) is 12.5 Å². The average Bonchev–Trinajstić information content (AvgIpc) is 3.06. The molecule has 3 rings (SSSR count). The Hall–Kier alpha value is -2.70. The molecule has 24 heavy (non-hydrogen) atoms. The van der Waals surface area contributed by atoms with E-state index in [1.807, 2.05) is 24.4 Å². The van der Waals surface area contributed by atoms with Crippen LogP contribution in [0.2, 0.25) is 0 Å². The molecule has 2 aromatic heterocycles. The summed E-state index contributed by atoms with van der Waals surface area (Å²) < 4.78 is 1.67. The number of pyridine rings is 1. The molecule has 1 fully saturated rings. The van der Waals surface area contributed by atoms with E-state index in [0.29, 0.717) is 25.3 Å². The molecule has 0 saturated carbocycles. The molecule has 126 valence electrons. The van der Waals surface area contributed by atoms with Crippen LogP contribution >= 0.6 is 0 Å². The highest BCUT2D eigenvalue weighted by Crippen LogP contribution is 2.12. The highest BCUT2D eigenvalue weighted by molar-refractivity contribution is 5.84. The van der Waals surface area contributed by atoms with Gasteiger partial charge in [0.1, 0.15) is 0 Å². The summed E-state index contributed by atoms with van der Waals surface area (Å²) >= 11 is 0. The van der Waals surface area contributed by atoms with Crippen LogP contribution in [0.4, 0.5) is 0 Å². The Morgan fingerprint density at radius 2 is 2.12 bits per heavy atom. The van der Waals surface area contributed by atoms with Crippen LogP contribution in [-0.2, 0) is 16.1 Å². The van der Waals surface area contributed by atoms with Crippen molar-refractivity contribution in [3.05, 3.63) is 42.4 Å². The predicted octanol–water partition coefficient (Wildman–Crippen LogP) is 1.29. The molecule has 1 aliphatic heterocycles. The molecule has 3 heterocycles. The van der Waals surface area contributed by atoms with E-state index >= 15 is 0 Å². The monoisotopic (exact) mass is 327 g/mol. The Balaban J connectivity index is 1.60. The van der Waals surface area contributed by atoms with Gasteiger partial charge in [0, 0.05) is 43.7 Å². The summed E-state index contributed by atoms with van der Waals surface area (Å²) in [5, 5.41) is 7.05. The van der Waals surface area contributed by atoms with Gasteiger partial charge in [0.15, 0.2) is 5.82 Å². The van der Waals surface area contributed by atoms with E-state index in [0.717, 1.165) is 24.8 Å². The smallest absolute Gasteiger partial charge is 0.239 e. The highest BCUT2D eigenvalue weighted by Gasteiger charge is 2.19. The van der Waals surface area contributed by atoms with Crippen molar-refractivity contribution in [2.75, 3.05) is 13.1 Å². The molecule has 7 nitrogen and oxygen atoms in total. The molecule has 0 aliphatic carbocycles. The average molecular weight is 327 g/mol. The number of nitrogens with one attached hydrogen (secondary N) is 1. The summed E-state index contributed by atoms with van der Waals surface area (Å²) in [6.45, 7) is 1.14. The normalized spacial score (nSPS) is 15.2. The second-order valence-corrected chi connectivity index (χ2v) is 5.84. The lowest BCUT2D eigenvalue weighted by Crippen LogP contribution is -2.40. The second-order valence-electron chi connectivity index (χ2n) is 5.84. The first-order chi connectivity index (χ1) is 11.7. The van der Waals surface area contributed by atoms with Crippen molar-refractivity contribution in [3.63, 3.8) is 0 Å². The van der Waals surface area contributed by atoms with E-state index < -0.39 is 0 Å². The molecule has 0 unspecified atom stereocenters. The third kappa shape index (κ3) is 3.98. The summed E-state index contributed by atoms with van der Waals surface area (Å²) in [5.74, 6) is 0.607. The molecule has 2 aromatic rings. The second kappa shape index (κ2) is 7.72. The first-order valence-corrected chi connectivity index (χ1v) is 8.22.